The summed E-state index contributed by atoms with van der Waals surface area (Å²) in [5.74, 6) is 0.512. The second kappa shape index (κ2) is 5.98. The van der Waals surface area contributed by atoms with Crippen LogP contribution in [0.15, 0.2) is 23.1 Å². The van der Waals surface area contributed by atoms with E-state index in [9.17, 15) is 18.5 Å². The van der Waals surface area contributed by atoms with Gasteiger partial charge in [0.05, 0.1) is 9.82 Å². The SMILES string of the molecule is CNc1ccc(S(=O)(=O)N2CCC(C)CC2)cc1[N+](=O)[O-]. The molecule has 116 valence electrons. The normalized spacial score (nSPS) is 17.6. The minimum Gasteiger partial charge on any atom is -0.383 e. The molecule has 8 heteroatoms. The number of piperidine rings is 1. The van der Waals surface area contributed by atoms with Crippen molar-refractivity contribution in [2.45, 2.75) is 24.7 Å². The van der Waals surface area contributed by atoms with Crippen molar-refractivity contribution in [2.24, 2.45) is 5.92 Å². The van der Waals surface area contributed by atoms with Gasteiger partial charge < -0.3 is 5.32 Å². The summed E-state index contributed by atoms with van der Waals surface area (Å²) >= 11 is 0. The van der Waals surface area contributed by atoms with E-state index in [0.717, 1.165) is 18.9 Å². The van der Waals surface area contributed by atoms with Crippen LogP contribution in [0.4, 0.5) is 11.4 Å². The zero-order valence-corrected chi connectivity index (χ0v) is 12.9. The molecule has 2 rings (SSSR count). The minimum atomic E-state index is -3.67. The van der Waals surface area contributed by atoms with Crippen molar-refractivity contribution in [3.63, 3.8) is 0 Å². The first-order chi connectivity index (χ1) is 9.86. The summed E-state index contributed by atoms with van der Waals surface area (Å²) in [4.78, 5) is 10.4. The number of nitrogens with one attached hydrogen (secondary N) is 1. The fourth-order valence-electron chi connectivity index (χ4n) is 2.41. The Morgan fingerprint density at radius 1 is 1.33 bits per heavy atom. The van der Waals surface area contributed by atoms with Gasteiger partial charge in [-0.05, 0) is 30.9 Å². The second-order valence-electron chi connectivity index (χ2n) is 5.27. The van der Waals surface area contributed by atoms with E-state index in [1.165, 1.54) is 16.4 Å². The monoisotopic (exact) mass is 313 g/mol. The van der Waals surface area contributed by atoms with E-state index in [4.69, 9.17) is 0 Å². The van der Waals surface area contributed by atoms with Crippen molar-refractivity contribution in [3.8, 4) is 0 Å². The lowest BCUT2D eigenvalue weighted by atomic mass is 10.0. The van der Waals surface area contributed by atoms with Crippen molar-refractivity contribution in [1.29, 1.82) is 0 Å². The molecule has 0 aromatic heterocycles. The molecule has 1 aromatic rings. The molecule has 1 saturated heterocycles. The molecule has 1 aliphatic rings. The number of rotatable bonds is 4. The van der Waals surface area contributed by atoms with E-state index in [0.29, 0.717) is 24.7 Å². The highest BCUT2D eigenvalue weighted by molar-refractivity contribution is 7.89. The van der Waals surface area contributed by atoms with E-state index >= 15 is 0 Å². The Labute approximate surface area is 124 Å². The molecule has 0 bridgehead atoms. The van der Waals surface area contributed by atoms with Gasteiger partial charge in [-0.25, -0.2) is 8.42 Å². The van der Waals surface area contributed by atoms with Crippen LogP contribution in [0, 0.1) is 16.0 Å². The standard InChI is InChI=1S/C13H19N3O4S/c1-10-5-7-15(8-6-10)21(19,20)11-3-4-12(14-2)13(9-11)16(17)18/h3-4,9-10,14H,5-8H2,1-2H3. The Morgan fingerprint density at radius 3 is 2.48 bits per heavy atom. The highest BCUT2D eigenvalue weighted by atomic mass is 32.2. The molecule has 0 amide bonds. The van der Waals surface area contributed by atoms with Crippen molar-refractivity contribution in [3.05, 3.63) is 28.3 Å². The number of hydrogen-bond acceptors (Lipinski definition) is 5. The summed E-state index contributed by atoms with van der Waals surface area (Å²) in [5.41, 5.74) is 0.0650. The van der Waals surface area contributed by atoms with Crippen molar-refractivity contribution < 1.29 is 13.3 Å². The summed E-state index contributed by atoms with van der Waals surface area (Å²) in [7, 11) is -2.11. The minimum absolute atomic E-state index is 0.0252. The van der Waals surface area contributed by atoms with Gasteiger partial charge in [-0.15, -0.1) is 0 Å². The van der Waals surface area contributed by atoms with Crippen LogP contribution in [0.5, 0.6) is 0 Å². The maximum atomic E-state index is 12.6. The van der Waals surface area contributed by atoms with Gasteiger partial charge in [0.15, 0.2) is 0 Å². The highest BCUT2D eigenvalue weighted by Gasteiger charge is 2.29. The van der Waals surface area contributed by atoms with Crippen LogP contribution >= 0.6 is 0 Å². The molecule has 1 aromatic carbocycles. The van der Waals surface area contributed by atoms with Crippen LogP contribution in [0.25, 0.3) is 0 Å². The third-order valence-corrected chi connectivity index (χ3v) is 5.71. The second-order valence-corrected chi connectivity index (χ2v) is 7.21. The van der Waals surface area contributed by atoms with Crippen LogP contribution < -0.4 is 5.32 Å². The van der Waals surface area contributed by atoms with Gasteiger partial charge in [0, 0.05) is 26.2 Å². The number of nitrogens with zero attached hydrogens (tertiary/aromatic N) is 2. The van der Waals surface area contributed by atoms with Gasteiger partial charge in [0.2, 0.25) is 10.0 Å². The van der Waals surface area contributed by atoms with Crippen LogP contribution in [0.2, 0.25) is 0 Å². The predicted octanol–water partition coefficient (Wildman–Crippen LogP) is 2.06. The Hall–Kier alpha value is -1.67. The average molecular weight is 313 g/mol. The van der Waals surface area contributed by atoms with Crippen LogP contribution in [0.3, 0.4) is 0 Å². The van der Waals surface area contributed by atoms with E-state index in [1.54, 1.807) is 7.05 Å². The quantitative estimate of drug-likeness (QED) is 0.678. The lowest BCUT2D eigenvalue weighted by Gasteiger charge is -2.29. The number of benzene rings is 1. The molecule has 0 saturated carbocycles. The summed E-state index contributed by atoms with van der Waals surface area (Å²) in [6.07, 6.45) is 1.63. The van der Waals surface area contributed by atoms with Crippen LogP contribution in [-0.4, -0.2) is 37.8 Å². The number of nitro benzene ring substituents is 1. The zero-order chi connectivity index (χ0) is 15.6. The van der Waals surface area contributed by atoms with E-state index < -0.39 is 14.9 Å². The largest absolute Gasteiger partial charge is 0.383 e. The Bertz CT molecular complexity index is 637. The lowest BCUT2D eigenvalue weighted by molar-refractivity contribution is -0.384. The summed E-state index contributed by atoms with van der Waals surface area (Å²) in [5, 5.41) is 13.7. The smallest absolute Gasteiger partial charge is 0.293 e. The van der Waals surface area contributed by atoms with Gasteiger partial charge in [-0.3, -0.25) is 10.1 Å². The van der Waals surface area contributed by atoms with Crippen LogP contribution in [0.1, 0.15) is 19.8 Å². The Balaban J connectivity index is 2.36. The molecule has 1 heterocycles. The Morgan fingerprint density at radius 2 is 1.95 bits per heavy atom. The van der Waals surface area contributed by atoms with Crippen molar-refractivity contribution in [2.75, 3.05) is 25.5 Å². The fraction of sp³-hybridized carbons (Fsp3) is 0.538. The molecule has 1 fully saturated rings. The number of nitro groups is 1. The fourth-order valence-corrected chi connectivity index (χ4v) is 3.90. The molecule has 0 radical (unpaired) electrons. The van der Waals surface area contributed by atoms with Gasteiger partial charge >= 0.3 is 0 Å². The summed E-state index contributed by atoms with van der Waals surface area (Å²) in [6, 6.07) is 3.96. The lowest BCUT2D eigenvalue weighted by Crippen LogP contribution is -2.37. The zero-order valence-electron chi connectivity index (χ0n) is 12.1. The number of sulfonamides is 1. The molecule has 0 atom stereocenters. The predicted molar refractivity (Wildman–Crippen MR) is 79.8 cm³/mol. The molecule has 1 aliphatic heterocycles. The summed E-state index contributed by atoms with van der Waals surface area (Å²) < 4.78 is 26.5. The molecular weight excluding hydrogens is 294 g/mol. The van der Waals surface area contributed by atoms with Crippen molar-refractivity contribution in [1.82, 2.24) is 4.31 Å². The van der Waals surface area contributed by atoms with Crippen LogP contribution in [-0.2, 0) is 10.0 Å². The third-order valence-electron chi connectivity index (χ3n) is 3.82. The maximum absolute atomic E-state index is 12.6. The first kappa shape index (κ1) is 15.7. The maximum Gasteiger partial charge on any atom is 0.293 e. The van der Waals surface area contributed by atoms with E-state index in [-0.39, 0.29) is 10.6 Å². The average Bonchev–Trinajstić information content (AvgIpc) is 2.46. The van der Waals surface area contributed by atoms with E-state index in [1.807, 2.05) is 0 Å². The van der Waals surface area contributed by atoms with Gasteiger partial charge in [-0.1, -0.05) is 6.92 Å². The molecule has 0 unspecified atom stereocenters. The van der Waals surface area contributed by atoms with Gasteiger partial charge in [-0.2, -0.15) is 4.31 Å². The topological polar surface area (TPSA) is 92.6 Å². The molecule has 1 N–H and O–H groups in total. The third kappa shape index (κ3) is 3.16. The molecular formula is C13H19N3O4S. The first-order valence-electron chi connectivity index (χ1n) is 6.82. The molecule has 7 nitrogen and oxygen atoms in total. The molecule has 21 heavy (non-hydrogen) atoms. The Kier molecular flexibility index (Phi) is 4.48. The summed E-state index contributed by atoms with van der Waals surface area (Å²) in [6.45, 7) is 3.02. The van der Waals surface area contributed by atoms with Crippen molar-refractivity contribution >= 4 is 21.4 Å². The molecule has 0 aliphatic carbocycles. The van der Waals surface area contributed by atoms with E-state index in [2.05, 4.69) is 12.2 Å². The number of anilines is 1. The van der Waals surface area contributed by atoms with Gasteiger partial charge in [0.1, 0.15) is 5.69 Å². The highest BCUT2D eigenvalue weighted by Crippen LogP contribution is 2.30. The first-order valence-corrected chi connectivity index (χ1v) is 8.26. The number of hydrogen-bond donors (Lipinski definition) is 1. The van der Waals surface area contributed by atoms with Gasteiger partial charge in [0.25, 0.3) is 5.69 Å². The molecule has 0 spiro atoms.